The predicted molar refractivity (Wildman–Crippen MR) is 82.0 cm³/mol. The van der Waals surface area contributed by atoms with Gasteiger partial charge in [-0.3, -0.25) is 0 Å². The SMILES string of the molecule is CSc1cccc(NC(C)C(C)C)c1C(N)=S. The van der Waals surface area contributed by atoms with E-state index in [9.17, 15) is 0 Å². The normalized spacial score (nSPS) is 12.5. The number of hydrogen-bond donors (Lipinski definition) is 2. The van der Waals surface area contributed by atoms with E-state index < -0.39 is 0 Å². The van der Waals surface area contributed by atoms with Crippen molar-refractivity contribution < 1.29 is 0 Å². The van der Waals surface area contributed by atoms with E-state index in [-0.39, 0.29) is 0 Å². The summed E-state index contributed by atoms with van der Waals surface area (Å²) in [5.74, 6) is 0.562. The maximum Gasteiger partial charge on any atom is 0.107 e. The van der Waals surface area contributed by atoms with Gasteiger partial charge in [0.25, 0.3) is 0 Å². The molecule has 0 aliphatic carbocycles. The van der Waals surface area contributed by atoms with Crippen LogP contribution in [0.25, 0.3) is 0 Å². The first kappa shape index (κ1) is 14.3. The van der Waals surface area contributed by atoms with Gasteiger partial charge in [0.05, 0.1) is 0 Å². The lowest BCUT2D eigenvalue weighted by molar-refractivity contribution is 0.560. The molecule has 0 radical (unpaired) electrons. The van der Waals surface area contributed by atoms with E-state index in [0.29, 0.717) is 16.9 Å². The lowest BCUT2D eigenvalue weighted by Gasteiger charge is -2.21. The molecule has 0 saturated heterocycles. The molecular weight excluding hydrogens is 248 g/mol. The minimum absolute atomic E-state index is 0.389. The summed E-state index contributed by atoms with van der Waals surface area (Å²) in [7, 11) is 0. The van der Waals surface area contributed by atoms with Crippen LogP contribution in [0.1, 0.15) is 26.3 Å². The molecule has 0 bridgehead atoms. The second kappa shape index (κ2) is 6.26. The predicted octanol–water partition coefficient (Wildman–Crippen LogP) is 3.50. The first-order chi connectivity index (χ1) is 7.97. The van der Waals surface area contributed by atoms with E-state index in [0.717, 1.165) is 16.1 Å². The smallest absolute Gasteiger partial charge is 0.107 e. The van der Waals surface area contributed by atoms with Gasteiger partial charge in [0.1, 0.15) is 4.99 Å². The topological polar surface area (TPSA) is 38.0 Å². The Morgan fingerprint density at radius 2 is 2.00 bits per heavy atom. The molecule has 1 unspecified atom stereocenters. The van der Waals surface area contributed by atoms with E-state index in [1.807, 2.05) is 24.5 Å². The largest absolute Gasteiger partial charge is 0.389 e. The van der Waals surface area contributed by atoms with Crippen molar-refractivity contribution in [2.45, 2.75) is 31.7 Å². The zero-order valence-electron chi connectivity index (χ0n) is 10.8. The minimum atomic E-state index is 0.389. The van der Waals surface area contributed by atoms with E-state index >= 15 is 0 Å². The Bertz CT molecular complexity index is 402. The van der Waals surface area contributed by atoms with Crippen LogP contribution < -0.4 is 11.1 Å². The monoisotopic (exact) mass is 268 g/mol. The lowest BCUT2D eigenvalue weighted by Crippen LogP contribution is -2.24. The number of nitrogens with one attached hydrogen (secondary N) is 1. The van der Waals surface area contributed by atoms with Crippen LogP contribution in [0.5, 0.6) is 0 Å². The molecule has 0 saturated carbocycles. The Morgan fingerprint density at radius 3 is 2.47 bits per heavy atom. The van der Waals surface area contributed by atoms with Gasteiger partial charge in [0.2, 0.25) is 0 Å². The first-order valence-electron chi connectivity index (χ1n) is 5.70. The van der Waals surface area contributed by atoms with Crippen molar-refractivity contribution in [1.29, 1.82) is 0 Å². The molecule has 0 amide bonds. The van der Waals surface area contributed by atoms with Crippen LogP contribution in [-0.4, -0.2) is 17.3 Å². The van der Waals surface area contributed by atoms with Crippen molar-refractivity contribution in [1.82, 2.24) is 0 Å². The molecule has 4 heteroatoms. The summed E-state index contributed by atoms with van der Waals surface area (Å²) in [5, 5.41) is 3.49. The average molecular weight is 268 g/mol. The van der Waals surface area contributed by atoms with Crippen LogP contribution in [0.2, 0.25) is 0 Å². The van der Waals surface area contributed by atoms with Crippen LogP contribution in [0.15, 0.2) is 23.1 Å². The maximum absolute atomic E-state index is 5.82. The van der Waals surface area contributed by atoms with Gasteiger partial charge < -0.3 is 11.1 Å². The van der Waals surface area contributed by atoms with E-state index in [2.05, 4.69) is 26.1 Å². The van der Waals surface area contributed by atoms with E-state index in [1.165, 1.54) is 0 Å². The lowest BCUT2D eigenvalue weighted by atomic mass is 10.1. The standard InChI is InChI=1S/C13H20N2S2/c1-8(2)9(3)15-10-6-5-7-11(17-4)12(10)13(14)16/h5-9,15H,1-4H3,(H2,14,16). The van der Waals surface area contributed by atoms with Gasteiger partial charge in [0.15, 0.2) is 0 Å². The molecule has 0 spiro atoms. The Labute approximate surface area is 113 Å². The molecule has 1 aromatic carbocycles. The highest BCUT2D eigenvalue weighted by atomic mass is 32.2. The van der Waals surface area contributed by atoms with E-state index in [4.69, 9.17) is 18.0 Å². The highest BCUT2D eigenvalue weighted by molar-refractivity contribution is 7.98. The third-order valence-corrected chi connectivity index (χ3v) is 3.86. The molecule has 0 heterocycles. The molecule has 2 nitrogen and oxygen atoms in total. The van der Waals surface area contributed by atoms with Crippen molar-refractivity contribution in [2.75, 3.05) is 11.6 Å². The van der Waals surface area contributed by atoms with Crippen molar-refractivity contribution in [2.24, 2.45) is 11.7 Å². The van der Waals surface area contributed by atoms with Gasteiger partial charge in [-0.25, -0.2) is 0 Å². The van der Waals surface area contributed by atoms with Crippen LogP contribution >= 0.6 is 24.0 Å². The summed E-state index contributed by atoms with van der Waals surface area (Å²) in [4.78, 5) is 1.58. The number of hydrogen-bond acceptors (Lipinski definition) is 3. The summed E-state index contributed by atoms with van der Waals surface area (Å²) in [6, 6.07) is 6.50. The second-order valence-electron chi connectivity index (χ2n) is 4.42. The summed E-state index contributed by atoms with van der Waals surface area (Å²) in [5.41, 5.74) is 7.81. The number of anilines is 1. The Kier molecular flexibility index (Phi) is 5.28. The first-order valence-corrected chi connectivity index (χ1v) is 7.34. The molecule has 0 aliphatic rings. The molecule has 17 heavy (non-hydrogen) atoms. The summed E-state index contributed by atoms with van der Waals surface area (Å²) >= 11 is 6.81. The number of nitrogens with two attached hydrogens (primary N) is 1. The molecule has 94 valence electrons. The highest BCUT2D eigenvalue weighted by Crippen LogP contribution is 2.28. The zero-order chi connectivity index (χ0) is 13.0. The molecular formula is C13H20N2S2. The molecule has 3 N–H and O–H groups in total. The quantitative estimate of drug-likeness (QED) is 0.633. The Morgan fingerprint density at radius 1 is 1.35 bits per heavy atom. The molecule has 0 aromatic heterocycles. The molecule has 0 fully saturated rings. The van der Waals surface area contributed by atoms with Gasteiger partial charge in [-0.2, -0.15) is 0 Å². The molecule has 0 aliphatic heterocycles. The van der Waals surface area contributed by atoms with Crippen LogP contribution in [0.3, 0.4) is 0 Å². The van der Waals surface area contributed by atoms with Gasteiger partial charge in [-0.05, 0) is 31.2 Å². The summed E-state index contributed by atoms with van der Waals surface area (Å²) < 4.78 is 0. The number of rotatable bonds is 5. The highest BCUT2D eigenvalue weighted by Gasteiger charge is 2.13. The fourth-order valence-electron chi connectivity index (χ4n) is 1.49. The molecule has 1 aromatic rings. The minimum Gasteiger partial charge on any atom is -0.389 e. The Balaban J connectivity index is 3.10. The van der Waals surface area contributed by atoms with Crippen molar-refractivity contribution in [3.8, 4) is 0 Å². The van der Waals surface area contributed by atoms with Crippen molar-refractivity contribution >= 4 is 34.7 Å². The third kappa shape index (κ3) is 3.61. The second-order valence-corrected chi connectivity index (χ2v) is 5.71. The molecule has 1 atom stereocenters. The third-order valence-electron chi connectivity index (χ3n) is 2.88. The van der Waals surface area contributed by atoms with Crippen molar-refractivity contribution in [3.63, 3.8) is 0 Å². The Hall–Kier alpha value is -0.740. The van der Waals surface area contributed by atoms with Crippen LogP contribution in [-0.2, 0) is 0 Å². The maximum atomic E-state index is 5.82. The van der Waals surface area contributed by atoms with Gasteiger partial charge in [-0.15, -0.1) is 11.8 Å². The van der Waals surface area contributed by atoms with E-state index in [1.54, 1.807) is 11.8 Å². The van der Waals surface area contributed by atoms with Gasteiger partial charge in [-0.1, -0.05) is 32.1 Å². The van der Waals surface area contributed by atoms with Gasteiger partial charge >= 0.3 is 0 Å². The number of thioether (sulfide) groups is 1. The van der Waals surface area contributed by atoms with Gasteiger partial charge in [0, 0.05) is 22.2 Å². The summed E-state index contributed by atoms with van der Waals surface area (Å²) in [6.07, 6.45) is 2.03. The fourth-order valence-corrected chi connectivity index (χ4v) is 2.41. The number of thiocarbonyl (C=S) groups is 1. The summed E-state index contributed by atoms with van der Waals surface area (Å²) in [6.45, 7) is 6.55. The fraction of sp³-hybridized carbons (Fsp3) is 0.462. The number of benzene rings is 1. The average Bonchev–Trinajstić information content (AvgIpc) is 2.27. The molecule has 1 rings (SSSR count). The zero-order valence-corrected chi connectivity index (χ0v) is 12.4. The van der Waals surface area contributed by atoms with Crippen molar-refractivity contribution in [3.05, 3.63) is 23.8 Å². The van der Waals surface area contributed by atoms with Crippen LogP contribution in [0, 0.1) is 5.92 Å². The van der Waals surface area contributed by atoms with Crippen LogP contribution in [0.4, 0.5) is 5.69 Å².